The van der Waals surface area contributed by atoms with Crippen LogP contribution in [0.4, 0.5) is 5.82 Å². The molecule has 1 aliphatic rings. The minimum atomic E-state index is -0.598. The number of amides is 1. The van der Waals surface area contributed by atoms with Gasteiger partial charge >= 0.3 is 0 Å². The van der Waals surface area contributed by atoms with Crippen LogP contribution in [0.2, 0.25) is 0 Å². The number of carbonyl (C=O) groups is 1. The highest BCUT2D eigenvalue weighted by Crippen LogP contribution is 2.35. The first kappa shape index (κ1) is 20.4. The van der Waals surface area contributed by atoms with E-state index < -0.39 is 17.3 Å². The van der Waals surface area contributed by atoms with E-state index >= 15 is 0 Å². The van der Waals surface area contributed by atoms with Gasteiger partial charge in [-0.25, -0.2) is 4.98 Å². The molecule has 3 aromatic rings. The summed E-state index contributed by atoms with van der Waals surface area (Å²) in [6, 6.07) is 3.51. The summed E-state index contributed by atoms with van der Waals surface area (Å²) in [4.78, 5) is 30.2. The fraction of sp³-hybridized carbons (Fsp3) is 0.400. The number of rotatable bonds is 4. The van der Waals surface area contributed by atoms with E-state index in [2.05, 4.69) is 31.3 Å². The second kappa shape index (κ2) is 7.12. The van der Waals surface area contributed by atoms with Gasteiger partial charge in [-0.05, 0) is 46.3 Å². The highest BCUT2D eigenvalue weighted by atomic mass is 79.9. The van der Waals surface area contributed by atoms with Crippen LogP contribution in [-0.2, 0) is 6.54 Å². The number of nitrogens with one attached hydrogen (secondary N) is 1. The molecule has 4 rings (SSSR count). The maximum absolute atomic E-state index is 13.3. The number of halogens is 1. The lowest BCUT2D eigenvalue weighted by Crippen LogP contribution is -2.37. The van der Waals surface area contributed by atoms with E-state index in [-0.39, 0.29) is 22.8 Å². The Morgan fingerprint density at radius 1 is 1.40 bits per heavy atom. The first-order chi connectivity index (χ1) is 14.1. The van der Waals surface area contributed by atoms with Gasteiger partial charge < -0.3 is 16.2 Å². The summed E-state index contributed by atoms with van der Waals surface area (Å²) >= 11 is 3.52. The fourth-order valence-corrected chi connectivity index (χ4v) is 3.97. The molecule has 0 spiro atoms. The van der Waals surface area contributed by atoms with Crippen LogP contribution in [-0.4, -0.2) is 36.2 Å². The molecule has 0 aromatic carbocycles. The number of anilines is 1. The van der Waals surface area contributed by atoms with E-state index in [0.29, 0.717) is 27.9 Å². The Balaban J connectivity index is 2.03. The van der Waals surface area contributed by atoms with Gasteiger partial charge in [0.1, 0.15) is 11.5 Å². The van der Waals surface area contributed by atoms with Crippen molar-refractivity contribution in [1.29, 1.82) is 0 Å². The van der Waals surface area contributed by atoms with Crippen molar-refractivity contribution in [1.82, 2.24) is 24.5 Å². The van der Waals surface area contributed by atoms with Gasteiger partial charge in [-0.15, -0.1) is 0 Å². The Bertz CT molecular complexity index is 1220. The Kier molecular flexibility index (Phi) is 4.84. The van der Waals surface area contributed by atoms with E-state index in [1.807, 2.05) is 20.8 Å². The lowest BCUT2D eigenvalue weighted by molar-refractivity contribution is 0.0944. The van der Waals surface area contributed by atoms with Gasteiger partial charge in [-0.2, -0.15) is 9.61 Å². The largest absolute Gasteiger partial charge is 0.492 e. The van der Waals surface area contributed by atoms with Crippen molar-refractivity contribution in [2.24, 2.45) is 5.41 Å². The highest BCUT2D eigenvalue weighted by molar-refractivity contribution is 9.10. The molecule has 0 atom stereocenters. The molecular weight excluding hydrogens is 452 g/mol. The molecule has 1 amide bonds. The van der Waals surface area contributed by atoms with Crippen LogP contribution in [0.5, 0.6) is 5.88 Å². The van der Waals surface area contributed by atoms with Gasteiger partial charge in [0.05, 0.1) is 4.47 Å². The van der Waals surface area contributed by atoms with E-state index in [9.17, 15) is 14.7 Å². The van der Waals surface area contributed by atoms with Crippen LogP contribution in [0.15, 0.2) is 27.6 Å². The summed E-state index contributed by atoms with van der Waals surface area (Å²) in [6.45, 7) is 6.26. The molecule has 158 valence electrons. The maximum atomic E-state index is 13.3. The predicted octanol–water partition coefficient (Wildman–Crippen LogP) is 2.55. The molecular formula is C20H23BrN6O3. The molecule has 30 heavy (non-hydrogen) atoms. The van der Waals surface area contributed by atoms with Crippen LogP contribution in [0.3, 0.4) is 0 Å². The number of hydrogen-bond acceptors (Lipinski definition) is 6. The average molecular weight is 475 g/mol. The molecule has 0 aliphatic heterocycles. The minimum Gasteiger partial charge on any atom is -0.492 e. The highest BCUT2D eigenvalue weighted by Gasteiger charge is 2.31. The van der Waals surface area contributed by atoms with Crippen LogP contribution in [0.1, 0.15) is 44.0 Å². The van der Waals surface area contributed by atoms with Gasteiger partial charge in [-0.3, -0.25) is 14.2 Å². The molecule has 4 N–H and O–H groups in total. The van der Waals surface area contributed by atoms with E-state index in [0.717, 1.165) is 12.8 Å². The first-order valence-electron chi connectivity index (χ1n) is 9.64. The third-order valence-electron chi connectivity index (χ3n) is 4.81. The summed E-state index contributed by atoms with van der Waals surface area (Å²) < 4.78 is 3.16. The topological polar surface area (TPSA) is 128 Å². The average Bonchev–Trinajstić information content (AvgIpc) is 3.39. The van der Waals surface area contributed by atoms with Crippen molar-refractivity contribution in [3.8, 4) is 17.1 Å². The third kappa shape index (κ3) is 3.55. The molecule has 9 nitrogen and oxygen atoms in total. The van der Waals surface area contributed by atoms with Gasteiger partial charge in [0.2, 0.25) is 5.88 Å². The number of aromatic nitrogens is 4. The van der Waals surface area contributed by atoms with Crippen molar-refractivity contribution in [2.75, 3.05) is 5.73 Å². The van der Waals surface area contributed by atoms with Crippen molar-refractivity contribution in [3.63, 3.8) is 0 Å². The van der Waals surface area contributed by atoms with Crippen LogP contribution < -0.4 is 16.6 Å². The number of nitrogens with zero attached hydrogens (tertiary/aromatic N) is 4. The van der Waals surface area contributed by atoms with Crippen LogP contribution >= 0.6 is 15.9 Å². The maximum Gasteiger partial charge on any atom is 0.270 e. The molecule has 1 fully saturated rings. The molecule has 3 heterocycles. The smallest absolute Gasteiger partial charge is 0.270 e. The SMILES string of the molecule is CC(C)(C)Cn1c(=O)c(C(=O)NC2CC2)c(O)n2nc(-c3cccnc3N)c(Br)c12. The zero-order valence-electron chi connectivity index (χ0n) is 16.9. The van der Waals surface area contributed by atoms with Gasteiger partial charge in [-0.1, -0.05) is 20.8 Å². The van der Waals surface area contributed by atoms with Crippen molar-refractivity contribution in [2.45, 2.75) is 46.2 Å². The monoisotopic (exact) mass is 474 g/mol. The molecule has 0 unspecified atom stereocenters. The molecule has 1 saturated carbocycles. The number of fused-ring (bicyclic) bond motifs is 1. The van der Waals surface area contributed by atoms with Crippen molar-refractivity contribution >= 4 is 33.3 Å². The lowest BCUT2D eigenvalue weighted by atomic mass is 9.97. The predicted molar refractivity (Wildman–Crippen MR) is 116 cm³/mol. The number of pyridine rings is 1. The number of carbonyl (C=O) groups excluding carboxylic acids is 1. The lowest BCUT2D eigenvalue weighted by Gasteiger charge is -2.21. The quantitative estimate of drug-likeness (QED) is 0.532. The Morgan fingerprint density at radius 3 is 2.70 bits per heavy atom. The first-order valence-corrected chi connectivity index (χ1v) is 10.4. The van der Waals surface area contributed by atoms with Crippen molar-refractivity contribution in [3.05, 3.63) is 38.7 Å². The Hall–Kier alpha value is -2.88. The van der Waals surface area contributed by atoms with Gasteiger partial charge in [0, 0.05) is 24.3 Å². The Morgan fingerprint density at radius 2 is 2.10 bits per heavy atom. The summed E-state index contributed by atoms with van der Waals surface area (Å²) in [5.41, 5.74) is 6.15. The van der Waals surface area contributed by atoms with Crippen molar-refractivity contribution < 1.29 is 9.90 Å². The van der Waals surface area contributed by atoms with E-state index in [1.54, 1.807) is 18.3 Å². The van der Waals surface area contributed by atoms with E-state index in [4.69, 9.17) is 5.73 Å². The summed E-state index contributed by atoms with van der Waals surface area (Å²) in [6.07, 6.45) is 3.29. The van der Waals surface area contributed by atoms with Gasteiger partial charge in [0.15, 0.2) is 11.2 Å². The zero-order valence-corrected chi connectivity index (χ0v) is 18.5. The molecule has 0 bridgehead atoms. The normalized spacial score (nSPS) is 14.3. The standard InChI is InChI=1S/C20H23BrN6O3/c1-20(2,3)9-26-17-13(21)14(11-5-4-8-23-15(11)22)25-27(17)19(30)12(18(26)29)16(28)24-10-6-7-10/h4-5,8,10,30H,6-7,9H2,1-3H3,(H2,22,23)(H,24,28). The van der Waals surface area contributed by atoms with Gasteiger partial charge in [0.25, 0.3) is 11.5 Å². The number of hydrogen-bond donors (Lipinski definition) is 3. The second-order valence-electron chi connectivity index (χ2n) is 8.73. The minimum absolute atomic E-state index is 0.0400. The number of nitrogens with two attached hydrogens (primary N) is 1. The zero-order chi connectivity index (χ0) is 21.8. The molecule has 10 heteroatoms. The summed E-state index contributed by atoms with van der Waals surface area (Å²) in [5, 5.41) is 18.1. The number of nitrogen functional groups attached to an aromatic ring is 1. The van der Waals surface area contributed by atoms with E-state index in [1.165, 1.54) is 9.08 Å². The fourth-order valence-electron chi connectivity index (χ4n) is 3.30. The molecule has 0 saturated heterocycles. The third-order valence-corrected chi connectivity index (χ3v) is 5.54. The summed E-state index contributed by atoms with van der Waals surface area (Å²) in [7, 11) is 0. The molecule has 3 aromatic heterocycles. The Labute approximate surface area is 181 Å². The molecule has 0 radical (unpaired) electrons. The van der Waals surface area contributed by atoms with Crippen LogP contribution in [0.25, 0.3) is 16.9 Å². The second-order valence-corrected chi connectivity index (χ2v) is 9.53. The summed E-state index contributed by atoms with van der Waals surface area (Å²) in [5.74, 6) is -0.844. The number of aromatic hydroxyl groups is 1. The van der Waals surface area contributed by atoms with Crippen LogP contribution in [0, 0.1) is 5.41 Å². The molecule has 1 aliphatic carbocycles.